The van der Waals surface area contributed by atoms with Crippen LogP contribution in [-0.2, 0) is 6.54 Å². The van der Waals surface area contributed by atoms with Gasteiger partial charge in [-0.1, -0.05) is 12.5 Å². The van der Waals surface area contributed by atoms with Gasteiger partial charge in [0.1, 0.15) is 11.4 Å². The Labute approximate surface area is 153 Å². The largest absolute Gasteiger partial charge is 0.380 e. The second-order valence-corrected chi connectivity index (χ2v) is 7.47. The molecule has 1 aromatic heterocycles. The Morgan fingerprint density at radius 1 is 1.00 bits per heavy atom. The van der Waals surface area contributed by atoms with Crippen molar-refractivity contribution in [2.75, 3.05) is 30.3 Å². The van der Waals surface area contributed by atoms with Gasteiger partial charge >= 0.3 is 0 Å². The molecule has 0 spiro atoms. The highest BCUT2D eigenvalue weighted by Crippen LogP contribution is 2.31. The Hall–Kier alpha value is -2.21. The Balaban J connectivity index is 1.38. The maximum absolute atomic E-state index is 12.0. The van der Waals surface area contributed by atoms with Gasteiger partial charge in [-0.2, -0.15) is 0 Å². The predicted molar refractivity (Wildman–Crippen MR) is 103 cm³/mol. The number of aromatic nitrogens is 1. The summed E-state index contributed by atoms with van der Waals surface area (Å²) in [6.07, 6.45) is 7.99. The van der Waals surface area contributed by atoms with Crippen LogP contribution in [0.4, 0.5) is 11.4 Å². The normalized spacial score (nSPS) is 23.5. The summed E-state index contributed by atoms with van der Waals surface area (Å²) in [5.74, 6) is 0.553. The van der Waals surface area contributed by atoms with E-state index in [0.717, 1.165) is 12.2 Å². The van der Waals surface area contributed by atoms with Crippen molar-refractivity contribution in [1.82, 2.24) is 9.88 Å². The fourth-order valence-corrected chi connectivity index (χ4v) is 4.46. The molecule has 0 amide bonds. The molecule has 0 radical (unpaired) electrons. The molecule has 2 aliphatic rings. The summed E-state index contributed by atoms with van der Waals surface area (Å²) in [4.78, 5) is 30.8. The van der Waals surface area contributed by atoms with Crippen LogP contribution in [0.2, 0.25) is 0 Å². The summed E-state index contributed by atoms with van der Waals surface area (Å²) >= 11 is 0. The molecule has 2 aliphatic heterocycles. The molecule has 0 saturated carbocycles. The third-order valence-corrected chi connectivity index (χ3v) is 5.85. The van der Waals surface area contributed by atoms with Crippen molar-refractivity contribution in [3.05, 3.63) is 50.5 Å². The van der Waals surface area contributed by atoms with Crippen molar-refractivity contribution in [3.63, 3.8) is 0 Å². The molecule has 26 heavy (non-hydrogen) atoms. The van der Waals surface area contributed by atoms with Gasteiger partial charge < -0.3 is 15.5 Å². The van der Waals surface area contributed by atoms with Gasteiger partial charge in [0.05, 0.1) is 12.2 Å². The van der Waals surface area contributed by atoms with Gasteiger partial charge in [-0.05, 0) is 56.8 Å². The van der Waals surface area contributed by atoms with Crippen LogP contribution < -0.4 is 21.5 Å². The summed E-state index contributed by atoms with van der Waals surface area (Å²) in [5, 5.41) is 6.37. The lowest BCUT2D eigenvalue weighted by Gasteiger charge is -2.44. The van der Waals surface area contributed by atoms with E-state index in [4.69, 9.17) is 0 Å². The first kappa shape index (κ1) is 17.2. The van der Waals surface area contributed by atoms with Crippen molar-refractivity contribution in [2.45, 2.75) is 44.7 Å². The highest BCUT2D eigenvalue weighted by atomic mass is 16.2. The highest BCUT2D eigenvalue weighted by molar-refractivity contribution is 5.73. The molecule has 2 aromatic rings. The number of rotatable bonds is 6. The minimum atomic E-state index is -0.425. The van der Waals surface area contributed by atoms with Crippen LogP contribution in [0.15, 0.2) is 34.0 Å². The number of piperidine rings is 2. The Kier molecular flexibility index (Phi) is 5.02. The van der Waals surface area contributed by atoms with Crippen LogP contribution >= 0.6 is 0 Å². The minimum Gasteiger partial charge on any atom is -0.380 e. The number of hydrogen-bond acceptors (Lipinski definition) is 6. The standard InChI is InChI=1S/C20H26N4O2/c25-19-17(18(20(19)26)23-13-15-7-1-3-9-21-15)22-12-14-6-5-11-24-10-4-2-8-16(14)24/h1,3,7,9,14,16,22-23H,2,4-6,8,10-13H2/t14-,16+/m0/s1. The summed E-state index contributed by atoms with van der Waals surface area (Å²) in [6, 6.07) is 6.28. The lowest BCUT2D eigenvalue weighted by molar-refractivity contribution is 0.0649. The molecule has 138 valence electrons. The van der Waals surface area contributed by atoms with Gasteiger partial charge in [-0.3, -0.25) is 14.6 Å². The molecule has 1 aromatic carbocycles. The zero-order valence-electron chi connectivity index (χ0n) is 15.0. The first-order valence-corrected chi connectivity index (χ1v) is 9.69. The fraction of sp³-hybridized carbons (Fsp3) is 0.550. The number of fused-ring (bicyclic) bond motifs is 1. The SMILES string of the molecule is O=c1c(NCc2ccccn2)c(NC[C@@H]2CCCN3CCCC[C@H]23)c1=O. The average molecular weight is 354 g/mol. The number of nitrogens with zero attached hydrogens (tertiary/aromatic N) is 2. The second-order valence-electron chi connectivity index (χ2n) is 7.47. The van der Waals surface area contributed by atoms with Crippen molar-refractivity contribution in [1.29, 1.82) is 0 Å². The summed E-state index contributed by atoms with van der Waals surface area (Å²) in [7, 11) is 0. The Bertz CT molecular complexity index is 811. The fourth-order valence-electron chi connectivity index (χ4n) is 4.46. The maximum Gasteiger partial charge on any atom is 0.253 e. The van der Waals surface area contributed by atoms with Crippen LogP contribution in [0.3, 0.4) is 0 Å². The zero-order valence-corrected chi connectivity index (χ0v) is 15.0. The van der Waals surface area contributed by atoms with Gasteiger partial charge in [-0.25, -0.2) is 0 Å². The lowest BCUT2D eigenvalue weighted by atomic mass is 9.83. The van der Waals surface area contributed by atoms with Crippen LogP contribution in [0.1, 0.15) is 37.8 Å². The van der Waals surface area contributed by atoms with E-state index in [1.807, 2.05) is 18.2 Å². The molecule has 2 atom stereocenters. The number of nitrogens with one attached hydrogen (secondary N) is 2. The van der Waals surface area contributed by atoms with Crippen molar-refractivity contribution in [3.8, 4) is 0 Å². The first-order valence-electron chi connectivity index (χ1n) is 9.69. The van der Waals surface area contributed by atoms with Crippen LogP contribution in [-0.4, -0.2) is 35.6 Å². The number of anilines is 2. The molecule has 2 saturated heterocycles. The predicted octanol–water partition coefficient (Wildman–Crippen LogP) is 1.97. The average Bonchev–Trinajstić information content (AvgIpc) is 2.70. The number of pyridine rings is 1. The van der Waals surface area contributed by atoms with E-state index in [2.05, 4.69) is 20.5 Å². The van der Waals surface area contributed by atoms with Crippen molar-refractivity contribution < 1.29 is 0 Å². The molecular formula is C20H26N4O2. The van der Waals surface area contributed by atoms with E-state index in [-0.39, 0.29) is 0 Å². The van der Waals surface area contributed by atoms with Crippen molar-refractivity contribution in [2.24, 2.45) is 5.92 Å². The van der Waals surface area contributed by atoms with Gasteiger partial charge in [0.15, 0.2) is 0 Å². The molecule has 3 heterocycles. The molecular weight excluding hydrogens is 328 g/mol. The summed E-state index contributed by atoms with van der Waals surface area (Å²) < 4.78 is 0. The molecule has 4 rings (SSSR count). The van der Waals surface area contributed by atoms with Gasteiger partial charge in [0, 0.05) is 18.8 Å². The molecule has 6 heteroatoms. The summed E-state index contributed by atoms with van der Waals surface area (Å²) in [6.45, 7) is 3.63. The van der Waals surface area contributed by atoms with E-state index in [1.165, 1.54) is 45.2 Å². The van der Waals surface area contributed by atoms with E-state index in [0.29, 0.717) is 29.9 Å². The van der Waals surface area contributed by atoms with Gasteiger partial charge in [-0.15, -0.1) is 0 Å². The zero-order chi connectivity index (χ0) is 17.9. The minimum absolute atomic E-state index is 0.398. The first-order chi connectivity index (χ1) is 12.7. The molecule has 6 nitrogen and oxygen atoms in total. The smallest absolute Gasteiger partial charge is 0.253 e. The third-order valence-electron chi connectivity index (χ3n) is 5.85. The Morgan fingerprint density at radius 3 is 2.62 bits per heavy atom. The third kappa shape index (κ3) is 3.38. The van der Waals surface area contributed by atoms with E-state index in [1.54, 1.807) is 6.20 Å². The van der Waals surface area contributed by atoms with E-state index < -0.39 is 10.9 Å². The monoisotopic (exact) mass is 354 g/mol. The lowest BCUT2D eigenvalue weighted by Crippen LogP contribution is -2.50. The Morgan fingerprint density at radius 2 is 1.81 bits per heavy atom. The van der Waals surface area contributed by atoms with Crippen LogP contribution in [0.5, 0.6) is 0 Å². The van der Waals surface area contributed by atoms with E-state index >= 15 is 0 Å². The highest BCUT2D eigenvalue weighted by Gasteiger charge is 2.33. The number of hydrogen-bond donors (Lipinski definition) is 2. The van der Waals surface area contributed by atoms with Crippen LogP contribution in [0.25, 0.3) is 0 Å². The summed E-state index contributed by atoms with van der Waals surface area (Å²) in [5.41, 5.74) is 0.892. The maximum atomic E-state index is 12.0. The van der Waals surface area contributed by atoms with Crippen LogP contribution in [0, 0.1) is 5.92 Å². The molecule has 0 bridgehead atoms. The van der Waals surface area contributed by atoms with Gasteiger partial charge in [0.2, 0.25) is 0 Å². The topological polar surface area (TPSA) is 74.3 Å². The molecule has 2 fully saturated rings. The van der Waals surface area contributed by atoms with E-state index in [9.17, 15) is 9.59 Å². The molecule has 2 N–H and O–H groups in total. The second kappa shape index (κ2) is 7.58. The van der Waals surface area contributed by atoms with Gasteiger partial charge in [0.25, 0.3) is 10.9 Å². The molecule has 0 aliphatic carbocycles. The van der Waals surface area contributed by atoms with Crippen molar-refractivity contribution >= 4 is 11.4 Å². The quantitative estimate of drug-likeness (QED) is 0.773. The molecule has 0 unspecified atom stereocenters.